The van der Waals surface area contributed by atoms with Gasteiger partial charge in [0.05, 0.1) is 4.90 Å². The number of nitrogens with zero attached hydrogens (tertiary/aromatic N) is 5. The predicted octanol–water partition coefficient (Wildman–Crippen LogP) is 3.14. The highest BCUT2D eigenvalue weighted by Crippen LogP contribution is 2.30. The van der Waals surface area contributed by atoms with Gasteiger partial charge in [-0.05, 0) is 42.9 Å². The molecule has 0 N–H and O–H groups in total. The Hall–Kier alpha value is -3.23. The van der Waals surface area contributed by atoms with Gasteiger partial charge in [-0.3, -0.25) is 0 Å². The molecule has 5 rings (SSSR count). The van der Waals surface area contributed by atoms with Crippen LogP contribution in [0.25, 0.3) is 16.8 Å². The number of hydrogen-bond donors (Lipinski definition) is 0. The lowest BCUT2D eigenvalue weighted by molar-refractivity contribution is 0.313. The summed E-state index contributed by atoms with van der Waals surface area (Å²) in [5, 5.41) is 4.67. The molecule has 1 saturated heterocycles. The summed E-state index contributed by atoms with van der Waals surface area (Å²) < 4.78 is 26.4. The minimum atomic E-state index is -3.38. The highest BCUT2D eigenvalue weighted by molar-refractivity contribution is 7.90. The minimum Gasteiger partial charge on any atom is -0.369 e. The van der Waals surface area contributed by atoms with Gasteiger partial charge in [0.2, 0.25) is 0 Å². The van der Waals surface area contributed by atoms with Crippen LogP contribution >= 0.6 is 0 Å². The van der Waals surface area contributed by atoms with Crippen LogP contribution in [0, 0.1) is 0 Å². The van der Waals surface area contributed by atoms with Crippen molar-refractivity contribution in [2.45, 2.75) is 11.3 Å². The summed E-state index contributed by atoms with van der Waals surface area (Å²) >= 11 is 0. The van der Waals surface area contributed by atoms with E-state index in [0.29, 0.717) is 28.4 Å². The van der Waals surface area contributed by atoms with Crippen molar-refractivity contribution in [2.24, 2.45) is 0 Å². The summed E-state index contributed by atoms with van der Waals surface area (Å²) in [4.78, 5) is 9.86. The minimum absolute atomic E-state index is 0.294. The third kappa shape index (κ3) is 4.49. The Bertz CT molecular complexity index is 1410. The van der Waals surface area contributed by atoms with Gasteiger partial charge in [-0.1, -0.05) is 30.3 Å². The van der Waals surface area contributed by atoms with E-state index < -0.39 is 9.84 Å². The Labute approximate surface area is 194 Å². The monoisotopic (exact) mass is 461 g/mol. The van der Waals surface area contributed by atoms with Crippen LogP contribution in [0.3, 0.4) is 0 Å². The van der Waals surface area contributed by atoms with Crippen LogP contribution in [0.1, 0.15) is 11.4 Å². The molecule has 8 heteroatoms. The number of sulfone groups is 1. The van der Waals surface area contributed by atoms with E-state index in [1.165, 1.54) is 11.9 Å². The van der Waals surface area contributed by atoms with Gasteiger partial charge in [0, 0.05) is 61.9 Å². The van der Waals surface area contributed by atoms with E-state index in [2.05, 4.69) is 46.2 Å². The van der Waals surface area contributed by atoms with Crippen LogP contribution in [-0.4, -0.2) is 67.4 Å². The van der Waals surface area contributed by atoms with E-state index in [1.807, 2.05) is 30.5 Å². The summed E-state index contributed by atoms with van der Waals surface area (Å²) in [7, 11) is -1.22. The molecule has 1 aliphatic rings. The first-order chi connectivity index (χ1) is 15.9. The fourth-order valence-electron chi connectivity index (χ4n) is 4.36. The van der Waals surface area contributed by atoms with Crippen LogP contribution in [0.15, 0.2) is 71.8 Å². The van der Waals surface area contributed by atoms with E-state index in [-0.39, 0.29) is 0 Å². The van der Waals surface area contributed by atoms with Crippen LogP contribution < -0.4 is 4.90 Å². The Morgan fingerprint density at radius 1 is 0.909 bits per heavy atom. The second-order valence-corrected chi connectivity index (χ2v) is 10.6. The number of fused-ring (bicyclic) bond motifs is 1. The van der Waals surface area contributed by atoms with Gasteiger partial charge in [-0.25, -0.2) is 17.9 Å². The molecule has 1 aliphatic heterocycles. The molecule has 0 atom stereocenters. The maximum Gasteiger partial charge on any atom is 0.176 e. The van der Waals surface area contributed by atoms with Crippen LogP contribution in [0.4, 0.5) is 5.69 Å². The Morgan fingerprint density at radius 2 is 1.67 bits per heavy atom. The molecule has 3 heterocycles. The molecular weight excluding hydrogens is 434 g/mol. The van der Waals surface area contributed by atoms with Crippen LogP contribution in [0.5, 0.6) is 0 Å². The zero-order valence-corrected chi connectivity index (χ0v) is 19.7. The highest BCUT2D eigenvalue weighted by Gasteiger charge is 2.18. The molecule has 0 aliphatic carbocycles. The fourth-order valence-corrected chi connectivity index (χ4v) is 5.26. The van der Waals surface area contributed by atoms with Crippen LogP contribution in [0.2, 0.25) is 0 Å². The lowest BCUT2D eigenvalue weighted by atomic mass is 10.1. The third-order valence-electron chi connectivity index (χ3n) is 6.12. The number of rotatable bonds is 5. The summed E-state index contributed by atoms with van der Waals surface area (Å²) in [6.07, 6.45) is 3.68. The maximum atomic E-state index is 12.3. The van der Waals surface area contributed by atoms with Gasteiger partial charge >= 0.3 is 0 Å². The fraction of sp³-hybridized carbons (Fsp3) is 0.280. The van der Waals surface area contributed by atoms with Crippen molar-refractivity contribution in [3.63, 3.8) is 0 Å². The first kappa shape index (κ1) is 21.6. The van der Waals surface area contributed by atoms with Gasteiger partial charge in [-0.2, -0.15) is 5.10 Å². The molecule has 4 aromatic rings. The van der Waals surface area contributed by atoms with E-state index in [0.717, 1.165) is 37.3 Å². The zero-order chi connectivity index (χ0) is 23.0. The maximum absolute atomic E-state index is 12.3. The molecule has 0 spiro atoms. The number of hydrogen-bond acceptors (Lipinski definition) is 6. The highest BCUT2D eigenvalue weighted by atomic mass is 32.2. The number of benzene rings is 2. The van der Waals surface area contributed by atoms with Gasteiger partial charge < -0.3 is 9.80 Å². The Morgan fingerprint density at radius 3 is 2.45 bits per heavy atom. The predicted molar refractivity (Wildman–Crippen MR) is 130 cm³/mol. The molecule has 33 heavy (non-hydrogen) atoms. The van der Waals surface area contributed by atoms with E-state index in [1.54, 1.807) is 16.6 Å². The Balaban J connectivity index is 1.47. The summed E-state index contributed by atoms with van der Waals surface area (Å²) in [5.41, 5.74) is 4.43. The summed E-state index contributed by atoms with van der Waals surface area (Å²) in [5.74, 6) is 0.704. The van der Waals surface area contributed by atoms with Gasteiger partial charge in [0.1, 0.15) is 0 Å². The van der Waals surface area contributed by atoms with Gasteiger partial charge in [0.15, 0.2) is 21.3 Å². The lowest BCUT2D eigenvalue weighted by Crippen LogP contribution is -2.44. The number of likely N-dealkylation sites (N-methyl/N-ethyl adjacent to an activating group) is 1. The molecule has 1 fully saturated rings. The van der Waals surface area contributed by atoms with E-state index in [9.17, 15) is 8.42 Å². The van der Waals surface area contributed by atoms with Gasteiger partial charge in [0.25, 0.3) is 0 Å². The van der Waals surface area contributed by atoms with Crippen molar-refractivity contribution in [1.82, 2.24) is 19.5 Å². The van der Waals surface area contributed by atoms with E-state index in [4.69, 9.17) is 4.98 Å². The molecule has 0 radical (unpaired) electrons. The first-order valence-electron chi connectivity index (χ1n) is 11.0. The topological polar surface area (TPSA) is 70.8 Å². The van der Waals surface area contributed by atoms with Crippen molar-refractivity contribution < 1.29 is 8.42 Å². The van der Waals surface area contributed by atoms with Crippen molar-refractivity contribution in [3.8, 4) is 11.1 Å². The molecule has 0 amide bonds. The second kappa shape index (κ2) is 8.61. The lowest BCUT2D eigenvalue weighted by Gasteiger charge is -2.34. The standard InChI is InChI=1S/C25H27N5O2S/c1-28-13-15-29(16-14-28)20-8-5-7-19(17-20)18-24-26-25-22(10-6-12-30(25)27-24)21-9-3-4-11-23(21)33(2,31)32/h3-12,17H,13-16,18H2,1-2H3. The van der Waals surface area contributed by atoms with Crippen LogP contribution in [-0.2, 0) is 16.3 Å². The summed E-state index contributed by atoms with van der Waals surface area (Å²) in [6.45, 7) is 4.18. The first-order valence-corrected chi connectivity index (χ1v) is 12.9. The molecular formula is C25H27N5O2S. The molecule has 0 bridgehead atoms. The number of aromatic nitrogens is 3. The molecule has 0 unspecified atom stereocenters. The van der Waals surface area contributed by atoms with Gasteiger partial charge in [-0.15, -0.1) is 0 Å². The Kier molecular flexibility index (Phi) is 5.64. The molecule has 7 nitrogen and oxygen atoms in total. The summed E-state index contributed by atoms with van der Waals surface area (Å²) in [6, 6.07) is 19.4. The number of anilines is 1. The SMILES string of the molecule is CN1CCN(c2cccc(Cc3nc4c(-c5ccccc5S(C)(=O)=O)cccn4n3)c2)CC1. The smallest absolute Gasteiger partial charge is 0.176 e. The average Bonchev–Trinajstić information content (AvgIpc) is 3.21. The largest absolute Gasteiger partial charge is 0.369 e. The normalized spacial score (nSPS) is 15.3. The van der Waals surface area contributed by atoms with E-state index >= 15 is 0 Å². The molecule has 2 aromatic carbocycles. The van der Waals surface area contributed by atoms with Crippen molar-refractivity contribution in [1.29, 1.82) is 0 Å². The average molecular weight is 462 g/mol. The molecule has 0 saturated carbocycles. The van der Waals surface area contributed by atoms with Crippen molar-refractivity contribution >= 4 is 21.2 Å². The number of pyridine rings is 1. The molecule has 2 aromatic heterocycles. The number of piperazine rings is 1. The third-order valence-corrected chi connectivity index (χ3v) is 7.28. The zero-order valence-electron chi connectivity index (χ0n) is 18.8. The van der Waals surface area contributed by atoms with Crippen molar-refractivity contribution in [2.75, 3.05) is 44.4 Å². The molecule has 170 valence electrons. The second-order valence-electron chi connectivity index (χ2n) is 8.62. The van der Waals surface area contributed by atoms with Crippen molar-refractivity contribution in [3.05, 3.63) is 78.2 Å². The quantitative estimate of drug-likeness (QED) is 0.455.